The number of piperidine rings is 1. The number of likely N-dealkylation sites (tertiary alicyclic amines) is 1. The lowest BCUT2D eigenvalue weighted by Crippen LogP contribution is -2.41. The smallest absolute Gasteiger partial charge is 0.410 e. The fourth-order valence-corrected chi connectivity index (χ4v) is 3.10. The van der Waals surface area contributed by atoms with Gasteiger partial charge in [-0.15, -0.1) is 0 Å². The molecular formula is C18H25N3O2. The van der Waals surface area contributed by atoms with E-state index in [9.17, 15) is 4.79 Å². The van der Waals surface area contributed by atoms with Gasteiger partial charge < -0.3 is 14.0 Å². The van der Waals surface area contributed by atoms with E-state index in [1.165, 1.54) is 5.56 Å². The molecule has 0 saturated carbocycles. The molecule has 1 aliphatic heterocycles. The first kappa shape index (κ1) is 15.8. The van der Waals surface area contributed by atoms with E-state index >= 15 is 0 Å². The minimum Gasteiger partial charge on any atom is -0.444 e. The van der Waals surface area contributed by atoms with Gasteiger partial charge >= 0.3 is 6.09 Å². The van der Waals surface area contributed by atoms with Gasteiger partial charge in [0.1, 0.15) is 11.2 Å². The van der Waals surface area contributed by atoms with Crippen molar-refractivity contribution in [3.8, 4) is 0 Å². The molecule has 0 atom stereocenters. The Labute approximate surface area is 137 Å². The van der Waals surface area contributed by atoms with E-state index in [-0.39, 0.29) is 6.09 Å². The third-order valence-electron chi connectivity index (χ3n) is 4.34. The van der Waals surface area contributed by atoms with Gasteiger partial charge in [0.25, 0.3) is 0 Å². The van der Waals surface area contributed by atoms with E-state index in [0.29, 0.717) is 5.92 Å². The van der Waals surface area contributed by atoms with Gasteiger partial charge in [-0.2, -0.15) is 0 Å². The summed E-state index contributed by atoms with van der Waals surface area (Å²) in [5.41, 5.74) is 3.02. The van der Waals surface area contributed by atoms with Crippen molar-refractivity contribution in [2.45, 2.75) is 52.1 Å². The summed E-state index contributed by atoms with van der Waals surface area (Å²) in [5, 5.41) is 0. The average Bonchev–Trinajstić information content (AvgIpc) is 2.87. The van der Waals surface area contributed by atoms with Crippen molar-refractivity contribution in [2.24, 2.45) is 0 Å². The Hall–Kier alpha value is -2.04. The second-order valence-electron chi connectivity index (χ2n) is 7.33. The van der Waals surface area contributed by atoms with Gasteiger partial charge in [0.05, 0.1) is 0 Å². The van der Waals surface area contributed by atoms with Crippen LogP contribution >= 0.6 is 0 Å². The zero-order valence-corrected chi connectivity index (χ0v) is 14.4. The number of carbonyl (C=O) groups is 1. The van der Waals surface area contributed by atoms with Crippen molar-refractivity contribution >= 4 is 11.7 Å². The first-order valence-electron chi connectivity index (χ1n) is 8.25. The number of pyridine rings is 1. The van der Waals surface area contributed by atoms with Gasteiger partial charge in [-0.25, -0.2) is 9.78 Å². The number of aromatic nitrogens is 2. The number of carbonyl (C=O) groups excluding carboxylic acids is 1. The standard InChI is InChI=1S/C18H25N3O2/c1-13-12-19-16-11-15(7-10-21(13)16)14-5-8-20(9-6-14)17(22)23-18(2,3)4/h7,10-12,14H,5-6,8-9H2,1-4H3. The quantitative estimate of drug-likeness (QED) is 0.805. The highest BCUT2D eigenvalue weighted by Gasteiger charge is 2.27. The molecule has 1 aliphatic rings. The molecule has 1 saturated heterocycles. The SMILES string of the molecule is Cc1cnc2cc(C3CCN(C(=O)OC(C)(C)C)CC3)ccn12. The fraction of sp³-hybridized carbons (Fsp3) is 0.556. The van der Waals surface area contributed by atoms with Gasteiger partial charge in [-0.3, -0.25) is 0 Å². The number of hydrogen-bond acceptors (Lipinski definition) is 3. The predicted octanol–water partition coefficient (Wildman–Crippen LogP) is 3.76. The van der Waals surface area contributed by atoms with E-state index < -0.39 is 5.60 Å². The number of imidazole rings is 1. The molecule has 0 unspecified atom stereocenters. The van der Waals surface area contributed by atoms with Crippen LogP contribution in [0.15, 0.2) is 24.5 Å². The summed E-state index contributed by atoms with van der Waals surface area (Å²) in [4.78, 5) is 18.4. The Kier molecular flexibility index (Phi) is 4.04. The lowest BCUT2D eigenvalue weighted by atomic mass is 9.90. The highest BCUT2D eigenvalue weighted by Crippen LogP contribution is 2.29. The molecule has 1 fully saturated rings. The first-order chi connectivity index (χ1) is 10.8. The van der Waals surface area contributed by atoms with Crippen LogP contribution in [0, 0.1) is 6.92 Å². The normalized spacial score (nSPS) is 16.8. The molecule has 3 rings (SSSR count). The molecule has 0 spiro atoms. The van der Waals surface area contributed by atoms with Gasteiger partial charge in [-0.05, 0) is 64.2 Å². The van der Waals surface area contributed by atoms with Crippen molar-refractivity contribution in [3.05, 3.63) is 35.8 Å². The van der Waals surface area contributed by atoms with Crippen molar-refractivity contribution in [2.75, 3.05) is 13.1 Å². The maximum atomic E-state index is 12.1. The van der Waals surface area contributed by atoms with Crippen LogP contribution in [0.2, 0.25) is 0 Å². The minimum atomic E-state index is -0.433. The van der Waals surface area contributed by atoms with E-state index in [1.807, 2.05) is 31.9 Å². The van der Waals surface area contributed by atoms with Crippen molar-refractivity contribution < 1.29 is 9.53 Å². The van der Waals surface area contributed by atoms with Gasteiger partial charge in [0.15, 0.2) is 0 Å². The summed E-state index contributed by atoms with van der Waals surface area (Å²) in [5.74, 6) is 0.482. The van der Waals surface area contributed by atoms with Crippen LogP contribution in [-0.4, -0.2) is 39.1 Å². The van der Waals surface area contributed by atoms with E-state index in [2.05, 4.69) is 34.6 Å². The van der Waals surface area contributed by atoms with Gasteiger partial charge in [0, 0.05) is 31.2 Å². The van der Waals surface area contributed by atoms with Gasteiger partial charge in [-0.1, -0.05) is 0 Å². The summed E-state index contributed by atoms with van der Waals surface area (Å²) >= 11 is 0. The van der Waals surface area contributed by atoms with Crippen molar-refractivity contribution in [3.63, 3.8) is 0 Å². The Balaban J connectivity index is 1.65. The number of hydrogen-bond donors (Lipinski definition) is 0. The molecule has 0 aliphatic carbocycles. The molecule has 2 aromatic rings. The highest BCUT2D eigenvalue weighted by atomic mass is 16.6. The molecule has 2 aromatic heterocycles. The molecule has 5 heteroatoms. The lowest BCUT2D eigenvalue weighted by Gasteiger charge is -2.33. The molecule has 0 N–H and O–H groups in total. The van der Waals surface area contributed by atoms with Crippen LogP contribution in [0.1, 0.15) is 50.8 Å². The molecule has 0 bridgehead atoms. The maximum absolute atomic E-state index is 12.1. The third-order valence-corrected chi connectivity index (χ3v) is 4.34. The molecular weight excluding hydrogens is 290 g/mol. The molecule has 3 heterocycles. The summed E-state index contributed by atoms with van der Waals surface area (Å²) in [7, 11) is 0. The Morgan fingerprint density at radius 1 is 1.30 bits per heavy atom. The number of fused-ring (bicyclic) bond motifs is 1. The molecule has 23 heavy (non-hydrogen) atoms. The summed E-state index contributed by atoms with van der Waals surface area (Å²) in [6.45, 7) is 9.26. The minimum absolute atomic E-state index is 0.199. The third kappa shape index (κ3) is 3.49. The largest absolute Gasteiger partial charge is 0.444 e. The number of amides is 1. The molecule has 0 radical (unpaired) electrons. The summed E-state index contributed by atoms with van der Waals surface area (Å²) < 4.78 is 7.55. The Morgan fingerprint density at radius 2 is 2.00 bits per heavy atom. The van der Waals surface area contributed by atoms with Crippen LogP contribution in [-0.2, 0) is 4.74 Å². The zero-order valence-electron chi connectivity index (χ0n) is 14.4. The Morgan fingerprint density at radius 3 is 2.65 bits per heavy atom. The number of aryl methyl sites for hydroxylation is 1. The molecule has 0 aromatic carbocycles. The van der Waals surface area contributed by atoms with Crippen LogP contribution in [0.4, 0.5) is 4.79 Å². The zero-order chi connectivity index (χ0) is 16.6. The highest BCUT2D eigenvalue weighted by molar-refractivity contribution is 5.68. The molecule has 124 valence electrons. The first-order valence-corrected chi connectivity index (χ1v) is 8.25. The van der Waals surface area contributed by atoms with Crippen molar-refractivity contribution in [1.29, 1.82) is 0 Å². The van der Waals surface area contributed by atoms with Crippen molar-refractivity contribution in [1.82, 2.24) is 14.3 Å². The van der Waals surface area contributed by atoms with E-state index in [4.69, 9.17) is 4.74 Å². The monoisotopic (exact) mass is 315 g/mol. The number of ether oxygens (including phenoxy) is 1. The van der Waals surface area contributed by atoms with E-state index in [0.717, 1.165) is 37.3 Å². The average molecular weight is 315 g/mol. The van der Waals surface area contributed by atoms with Crippen LogP contribution < -0.4 is 0 Å². The maximum Gasteiger partial charge on any atom is 0.410 e. The van der Waals surface area contributed by atoms with Crippen LogP contribution in [0.5, 0.6) is 0 Å². The topological polar surface area (TPSA) is 46.8 Å². The second kappa shape index (κ2) is 5.87. The van der Waals surface area contributed by atoms with Crippen LogP contribution in [0.25, 0.3) is 5.65 Å². The number of nitrogens with zero attached hydrogens (tertiary/aromatic N) is 3. The molecule has 1 amide bonds. The van der Waals surface area contributed by atoms with E-state index in [1.54, 1.807) is 0 Å². The van der Waals surface area contributed by atoms with Crippen LogP contribution in [0.3, 0.4) is 0 Å². The van der Waals surface area contributed by atoms with Gasteiger partial charge in [0.2, 0.25) is 0 Å². The number of rotatable bonds is 1. The lowest BCUT2D eigenvalue weighted by molar-refractivity contribution is 0.0205. The summed E-state index contributed by atoms with van der Waals surface area (Å²) in [6, 6.07) is 4.34. The fourth-order valence-electron chi connectivity index (χ4n) is 3.10. The molecule has 5 nitrogen and oxygen atoms in total. The summed E-state index contributed by atoms with van der Waals surface area (Å²) in [6.07, 6.45) is 5.72. The Bertz CT molecular complexity index is 707. The second-order valence-corrected chi connectivity index (χ2v) is 7.33. The predicted molar refractivity (Wildman–Crippen MR) is 89.7 cm³/mol.